The molecule has 1 aliphatic rings. The van der Waals surface area contributed by atoms with E-state index in [-0.39, 0.29) is 5.82 Å². The molecule has 0 unspecified atom stereocenters. The minimum absolute atomic E-state index is 0.317. The predicted octanol–water partition coefficient (Wildman–Crippen LogP) is 2.44. The number of rotatable bonds is 3. The zero-order valence-corrected chi connectivity index (χ0v) is 9.46. The maximum Gasteiger partial charge on any atom is 0.198 e. The van der Waals surface area contributed by atoms with Gasteiger partial charge < -0.3 is 14.2 Å². The van der Waals surface area contributed by atoms with Crippen LogP contribution < -0.4 is 4.74 Å². The molecule has 1 saturated heterocycles. The summed E-state index contributed by atoms with van der Waals surface area (Å²) in [5.74, 6) is -0.583. The van der Waals surface area contributed by atoms with Crippen molar-refractivity contribution in [1.29, 1.82) is 0 Å². The smallest absolute Gasteiger partial charge is 0.198 e. The lowest BCUT2D eigenvalue weighted by Gasteiger charge is -2.27. The van der Waals surface area contributed by atoms with Gasteiger partial charge in [-0.3, -0.25) is 0 Å². The first-order valence-corrected chi connectivity index (χ1v) is 5.34. The Morgan fingerprint density at radius 2 is 2.06 bits per heavy atom. The van der Waals surface area contributed by atoms with Gasteiger partial charge in [-0.2, -0.15) is 0 Å². The molecule has 0 amide bonds. The quantitative estimate of drug-likeness (QED) is 0.792. The average Bonchev–Trinajstić information content (AvgIpc) is 2.78. The van der Waals surface area contributed by atoms with Gasteiger partial charge in [-0.15, -0.1) is 0 Å². The van der Waals surface area contributed by atoms with Crippen LogP contribution in [0.25, 0.3) is 0 Å². The number of hydrogen-bond acceptors (Lipinski definition) is 3. The Bertz CT molecular complexity index is 373. The number of methoxy groups -OCH3 is 1. The van der Waals surface area contributed by atoms with Gasteiger partial charge in [0, 0.05) is 6.42 Å². The van der Waals surface area contributed by atoms with Crippen molar-refractivity contribution >= 4 is 0 Å². The van der Waals surface area contributed by atoms with Crippen molar-refractivity contribution in [2.75, 3.05) is 20.3 Å². The Hall–Kier alpha value is -1.13. The second-order valence-electron chi connectivity index (χ2n) is 3.65. The molecule has 1 aliphatic heterocycles. The van der Waals surface area contributed by atoms with Gasteiger partial charge in [-0.25, -0.2) is 4.39 Å². The van der Waals surface area contributed by atoms with Crippen molar-refractivity contribution in [3.63, 3.8) is 0 Å². The predicted molar refractivity (Wildman–Crippen MR) is 56.8 cm³/mol. The van der Waals surface area contributed by atoms with Crippen LogP contribution in [-0.4, -0.2) is 20.3 Å². The molecule has 0 saturated carbocycles. The lowest BCUT2D eigenvalue weighted by atomic mass is 10.0. The molecule has 0 aromatic heterocycles. The Morgan fingerprint density at radius 3 is 2.62 bits per heavy atom. The second-order valence-corrected chi connectivity index (χ2v) is 3.65. The third-order valence-corrected chi connectivity index (χ3v) is 2.79. The molecule has 0 bridgehead atoms. The van der Waals surface area contributed by atoms with Crippen molar-refractivity contribution in [2.45, 2.75) is 19.1 Å². The lowest BCUT2D eigenvalue weighted by molar-refractivity contribution is -0.168. The Balaban J connectivity index is 2.47. The minimum atomic E-state index is -0.854. The van der Waals surface area contributed by atoms with Gasteiger partial charge in [0.05, 0.1) is 25.9 Å². The van der Waals surface area contributed by atoms with Gasteiger partial charge in [-0.05, 0) is 18.2 Å². The van der Waals surface area contributed by atoms with Crippen molar-refractivity contribution in [2.24, 2.45) is 0 Å². The van der Waals surface area contributed by atoms with Crippen LogP contribution >= 0.6 is 0 Å². The highest BCUT2D eigenvalue weighted by atomic mass is 19.1. The van der Waals surface area contributed by atoms with Gasteiger partial charge in [-0.1, -0.05) is 6.92 Å². The summed E-state index contributed by atoms with van der Waals surface area (Å²) in [5.41, 5.74) is 0.620. The number of hydrogen-bond donors (Lipinski definition) is 0. The fraction of sp³-hybridized carbons (Fsp3) is 0.500. The minimum Gasteiger partial charge on any atom is -0.496 e. The topological polar surface area (TPSA) is 27.7 Å². The van der Waals surface area contributed by atoms with Crippen LogP contribution in [0.4, 0.5) is 4.39 Å². The highest BCUT2D eigenvalue weighted by Crippen LogP contribution is 2.39. The van der Waals surface area contributed by atoms with Crippen LogP contribution in [0, 0.1) is 5.82 Å². The third-order valence-electron chi connectivity index (χ3n) is 2.79. The van der Waals surface area contributed by atoms with Gasteiger partial charge in [0.2, 0.25) is 0 Å². The van der Waals surface area contributed by atoms with Crippen molar-refractivity contribution < 1.29 is 18.6 Å². The average molecular weight is 226 g/mol. The molecular weight excluding hydrogens is 211 g/mol. The molecule has 1 aromatic rings. The molecule has 4 heteroatoms. The normalized spacial score (nSPS) is 18.7. The van der Waals surface area contributed by atoms with Crippen LogP contribution in [0.3, 0.4) is 0 Å². The van der Waals surface area contributed by atoms with E-state index in [9.17, 15) is 4.39 Å². The van der Waals surface area contributed by atoms with Crippen LogP contribution in [-0.2, 0) is 15.3 Å². The largest absolute Gasteiger partial charge is 0.496 e. The molecule has 0 N–H and O–H groups in total. The maximum absolute atomic E-state index is 13.3. The third kappa shape index (κ3) is 1.79. The van der Waals surface area contributed by atoms with E-state index < -0.39 is 5.79 Å². The molecule has 16 heavy (non-hydrogen) atoms. The zero-order chi connectivity index (χ0) is 11.6. The molecule has 3 nitrogen and oxygen atoms in total. The van der Waals surface area contributed by atoms with Crippen LogP contribution in [0.5, 0.6) is 5.75 Å². The monoisotopic (exact) mass is 226 g/mol. The molecule has 0 spiro atoms. The molecule has 2 rings (SSSR count). The summed E-state index contributed by atoms with van der Waals surface area (Å²) in [6, 6.07) is 4.36. The number of benzene rings is 1. The zero-order valence-electron chi connectivity index (χ0n) is 9.46. The summed E-state index contributed by atoms with van der Waals surface area (Å²) < 4.78 is 29.7. The molecule has 1 heterocycles. The summed E-state index contributed by atoms with van der Waals surface area (Å²) >= 11 is 0. The summed E-state index contributed by atoms with van der Waals surface area (Å²) in [6.07, 6.45) is 0.618. The summed E-state index contributed by atoms with van der Waals surface area (Å²) in [4.78, 5) is 0. The van der Waals surface area contributed by atoms with Crippen molar-refractivity contribution in [3.8, 4) is 5.75 Å². The molecule has 0 aliphatic carbocycles. The standard InChI is InChI=1S/C12H15FO3/c1-3-12(15-6-7-16-12)10-8-9(13)4-5-11(10)14-2/h4-5,8H,3,6-7H2,1-2H3. The Morgan fingerprint density at radius 1 is 1.38 bits per heavy atom. The fourth-order valence-electron chi connectivity index (χ4n) is 1.98. The van der Waals surface area contributed by atoms with E-state index in [1.807, 2.05) is 6.92 Å². The van der Waals surface area contributed by atoms with E-state index in [4.69, 9.17) is 14.2 Å². The summed E-state index contributed by atoms with van der Waals surface area (Å²) in [6.45, 7) is 2.98. The molecule has 0 atom stereocenters. The number of ether oxygens (including phenoxy) is 3. The maximum atomic E-state index is 13.3. The molecule has 1 aromatic carbocycles. The SMILES string of the molecule is CCC1(c2cc(F)ccc2OC)OCCO1. The summed E-state index contributed by atoms with van der Waals surface area (Å²) in [7, 11) is 1.55. The van der Waals surface area contributed by atoms with Gasteiger partial charge in [0.1, 0.15) is 11.6 Å². The van der Waals surface area contributed by atoms with Crippen molar-refractivity contribution in [3.05, 3.63) is 29.6 Å². The second kappa shape index (κ2) is 4.39. The van der Waals surface area contributed by atoms with Gasteiger partial charge >= 0.3 is 0 Å². The van der Waals surface area contributed by atoms with E-state index >= 15 is 0 Å². The highest BCUT2D eigenvalue weighted by molar-refractivity contribution is 5.37. The van der Waals surface area contributed by atoms with Crippen LogP contribution in [0.1, 0.15) is 18.9 Å². The first kappa shape index (κ1) is 11.4. The van der Waals surface area contributed by atoms with E-state index in [1.165, 1.54) is 12.1 Å². The number of halogens is 1. The fourth-order valence-corrected chi connectivity index (χ4v) is 1.98. The van der Waals surface area contributed by atoms with E-state index in [0.717, 1.165) is 0 Å². The molecule has 1 fully saturated rings. The Labute approximate surface area is 94.1 Å². The van der Waals surface area contributed by atoms with Crippen molar-refractivity contribution in [1.82, 2.24) is 0 Å². The molecular formula is C12H15FO3. The van der Waals surface area contributed by atoms with E-state index in [0.29, 0.717) is 30.9 Å². The molecule has 88 valence electrons. The van der Waals surface area contributed by atoms with Crippen LogP contribution in [0.15, 0.2) is 18.2 Å². The first-order chi connectivity index (χ1) is 7.72. The van der Waals surface area contributed by atoms with Crippen LogP contribution in [0.2, 0.25) is 0 Å². The summed E-state index contributed by atoms with van der Waals surface area (Å²) in [5, 5.41) is 0. The highest BCUT2D eigenvalue weighted by Gasteiger charge is 2.39. The first-order valence-electron chi connectivity index (χ1n) is 5.34. The van der Waals surface area contributed by atoms with E-state index in [2.05, 4.69) is 0 Å². The lowest BCUT2D eigenvalue weighted by Crippen LogP contribution is -2.26. The Kier molecular flexibility index (Phi) is 3.12. The molecule has 0 radical (unpaired) electrons. The van der Waals surface area contributed by atoms with Gasteiger partial charge in [0.15, 0.2) is 5.79 Å². The van der Waals surface area contributed by atoms with Gasteiger partial charge in [0.25, 0.3) is 0 Å². The van der Waals surface area contributed by atoms with E-state index in [1.54, 1.807) is 13.2 Å².